The molecule has 0 radical (unpaired) electrons. The fraction of sp³-hybridized carbons (Fsp3) is 0.536. The predicted octanol–water partition coefficient (Wildman–Crippen LogP) is 4.78. The summed E-state index contributed by atoms with van der Waals surface area (Å²) in [6, 6.07) is 13.3. The number of rotatable bonds is 3. The molecule has 2 aromatic rings. The first-order valence-corrected chi connectivity index (χ1v) is 12.2. The third-order valence-corrected chi connectivity index (χ3v) is 7.99. The largest absolute Gasteiger partial charge is 0.384 e. The maximum absolute atomic E-state index is 14.8. The molecule has 0 aliphatic carbocycles. The predicted molar refractivity (Wildman–Crippen MR) is 129 cm³/mol. The number of halogens is 2. The lowest BCUT2D eigenvalue weighted by atomic mass is 9.70. The second-order valence-electron chi connectivity index (χ2n) is 11.2. The number of carbonyl (C=O) groups excluding carboxylic acids is 1. The number of hydrogen-bond acceptors (Lipinski definition) is 3. The van der Waals surface area contributed by atoms with Gasteiger partial charge in [-0.05, 0) is 38.0 Å². The molecule has 2 heterocycles. The fourth-order valence-corrected chi connectivity index (χ4v) is 5.91. The number of hydrogen-bond donors (Lipinski definition) is 1. The summed E-state index contributed by atoms with van der Waals surface area (Å²) in [5, 5.41) is 11.7. The molecule has 0 aromatic heterocycles. The Kier molecular flexibility index (Phi) is 6.60. The fourth-order valence-electron chi connectivity index (χ4n) is 5.91. The van der Waals surface area contributed by atoms with E-state index in [1.807, 2.05) is 49.1 Å². The van der Waals surface area contributed by atoms with E-state index in [4.69, 9.17) is 0 Å². The molecule has 2 fully saturated rings. The SMILES string of the molecule is C[C@@H]1CN(C(=O)[C@H]2CN(C(C)(C)C)C[C@@H]2c2ccc(F)cc2F)C[C@H](C)C1(O)c1ccccc1. The van der Waals surface area contributed by atoms with E-state index in [-0.39, 0.29) is 29.2 Å². The van der Waals surface area contributed by atoms with Crippen LogP contribution in [-0.2, 0) is 10.4 Å². The average molecular weight is 471 g/mol. The lowest BCUT2D eigenvalue weighted by Crippen LogP contribution is -2.57. The Labute approximate surface area is 201 Å². The molecule has 2 aliphatic rings. The van der Waals surface area contributed by atoms with Gasteiger partial charge in [0, 0.05) is 55.5 Å². The first-order valence-electron chi connectivity index (χ1n) is 12.2. The molecule has 4 nitrogen and oxygen atoms in total. The van der Waals surface area contributed by atoms with Gasteiger partial charge >= 0.3 is 0 Å². The topological polar surface area (TPSA) is 43.8 Å². The molecular formula is C28H36F2N2O2. The quantitative estimate of drug-likeness (QED) is 0.702. The Hall–Kier alpha value is -2.31. The third-order valence-electron chi connectivity index (χ3n) is 7.99. The van der Waals surface area contributed by atoms with Gasteiger partial charge in [0.25, 0.3) is 0 Å². The summed E-state index contributed by atoms with van der Waals surface area (Å²) < 4.78 is 28.4. The zero-order chi connectivity index (χ0) is 24.8. The van der Waals surface area contributed by atoms with Crippen molar-refractivity contribution in [2.45, 2.75) is 51.7 Å². The minimum Gasteiger partial charge on any atom is -0.384 e. The van der Waals surface area contributed by atoms with Gasteiger partial charge < -0.3 is 10.0 Å². The molecule has 2 aromatic carbocycles. The van der Waals surface area contributed by atoms with Crippen LogP contribution < -0.4 is 0 Å². The number of likely N-dealkylation sites (tertiary alicyclic amines) is 2. The summed E-state index contributed by atoms with van der Waals surface area (Å²) in [5.41, 5.74) is 0.0616. The first kappa shape index (κ1) is 24.8. The molecule has 2 saturated heterocycles. The molecule has 184 valence electrons. The number of carbonyl (C=O) groups is 1. The zero-order valence-electron chi connectivity index (χ0n) is 20.8. The number of benzene rings is 2. The van der Waals surface area contributed by atoms with E-state index in [0.29, 0.717) is 31.7 Å². The molecule has 1 amide bonds. The highest BCUT2D eigenvalue weighted by atomic mass is 19.1. The molecule has 34 heavy (non-hydrogen) atoms. The normalized spacial score (nSPS) is 30.5. The summed E-state index contributed by atoms with van der Waals surface area (Å²) in [6.07, 6.45) is 0. The van der Waals surface area contributed by atoms with Crippen LogP contribution in [0.3, 0.4) is 0 Å². The summed E-state index contributed by atoms with van der Waals surface area (Å²) in [7, 11) is 0. The lowest BCUT2D eigenvalue weighted by molar-refractivity contribution is -0.152. The smallest absolute Gasteiger partial charge is 0.227 e. The lowest BCUT2D eigenvalue weighted by Gasteiger charge is -2.48. The Bertz CT molecular complexity index is 1020. The molecule has 0 bridgehead atoms. The van der Waals surface area contributed by atoms with Crippen LogP contribution in [0.5, 0.6) is 0 Å². The van der Waals surface area contributed by atoms with Gasteiger partial charge in [0.15, 0.2) is 0 Å². The van der Waals surface area contributed by atoms with Gasteiger partial charge in [-0.15, -0.1) is 0 Å². The molecule has 6 heteroatoms. The molecule has 0 spiro atoms. The molecular weight excluding hydrogens is 434 g/mol. The average Bonchev–Trinajstić information content (AvgIpc) is 3.23. The van der Waals surface area contributed by atoms with Crippen LogP contribution in [0.1, 0.15) is 51.7 Å². The Morgan fingerprint density at radius 1 is 0.971 bits per heavy atom. The van der Waals surface area contributed by atoms with Crippen LogP contribution in [0, 0.1) is 29.4 Å². The van der Waals surface area contributed by atoms with Crippen LogP contribution >= 0.6 is 0 Å². The van der Waals surface area contributed by atoms with E-state index in [9.17, 15) is 18.7 Å². The van der Waals surface area contributed by atoms with E-state index in [0.717, 1.165) is 11.6 Å². The molecule has 2 aliphatic heterocycles. The van der Waals surface area contributed by atoms with Crippen molar-refractivity contribution in [3.05, 3.63) is 71.3 Å². The third kappa shape index (κ3) is 4.38. The van der Waals surface area contributed by atoms with E-state index in [2.05, 4.69) is 25.7 Å². The van der Waals surface area contributed by atoms with Gasteiger partial charge in [0.2, 0.25) is 5.91 Å². The van der Waals surface area contributed by atoms with E-state index in [1.165, 1.54) is 12.1 Å². The van der Waals surface area contributed by atoms with E-state index < -0.39 is 23.2 Å². The van der Waals surface area contributed by atoms with Crippen molar-refractivity contribution in [1.29, 1.82) is 0 Å². The van der Waals surface area contributed by atoms with Crippen molar-refractivity contribution in [2.24, 2.45) is 17.8 Å². The Morgan fingerprint density at radius 3 is 2.15 bits per heavy atom. The summed E-state index contributed by atoms with van der Waals surface area (Å²) in [6.45, 7) is 12.1. The van der Waals surface area contributed by atoms with Gasteiger partial charge in [-0.3, -0.25) is 9.69 Å². The molecule has 5 atom stereocenters. The van der Waals surface area contributed by atoms with Crippen molar-refractivity contribution in [3.63, 3.8) is 0 Å². The number of aliphatic hydroxyl groups is 1. The van der Waals surface area contributed by atoms with Gasteiger partial charge in [-0.25, -0.2) is 8.78 Å². The molecule has 1 N–H and O–H groups in total. The summed E-state index contributed by atoms with van der Waals surface area (Å²) in [4.78, 5) is 17.9. The first-order chi connectivity index (χ1) is 15.9. The van der Waals surface area contributed by atoms with Crippen LogP contribution in [-0.4, -0.2) is 52.5 Å². The maximum atomic E-state index is 14.8. The standard InChI is InChI=1S/C28H36F2N2O2/c1-18-14-31(15-19(2)28(18,34)20-9-7-6-8-10-20)26(33)24-17-32(27(3,4)5)16-23(24)22-12-11-21(29)13-25(22)30/h6-13,18-19,23-24,34H,14-17H2,1-5H3/t18-,19+,23-,24+,28?/m1/s1. The van der Waals surface area contributed by atoms with Gasteiger partial charge in [-0.1, -0.05) is 50.2 Å². The summed E-state index contributed by atoms with van der Waals surface area (Å²) >= 11 is 0. The van der Waals surface area contributed by atoms with Crippen LogP contribution in [0.15, 0.2) is 48.5 Å². The highest BCUT2D eigenvalue weighted by molar-refractivity contribution is 5.81. The van der Waals surface area contributed by atoms with Gasteiger partial charge in [0.1, 0.15) is 11.6 Å². The van der Waals surface area contributed by atoms with Crippen molar-refractivity contribution in [1.82, 2.24) is 9.80 Å². The van der Waals surface area contributed by atoms with Gasteiger partial charge in [0.05, 0.1) is 11.5 Å². The number of amides is 1. The van der Waals surface area contributed by atoms with Crippen LogP contribution in [0.25, 0.3) is 0 Å². The highest BCUT2D eigenvalue weighted by Gasteiger charge is 2.50. The minimum atomic E-state index is -1.02. The van der Waals surface area contributed by atoms with Crippen molar-refractivity contribution >= 4 is 5.91 Å². The Balaban J connectivity index is 1.61. The minimum absolute atomic E-state index is 0.0192. The zero-order valence-corrected chi connectivity index (χ0v) is 20.8. The maximum Gasteiger partial charge on any atom is 0.227 e. The highest BCUT2D eigenvalue weighted by Crippen LogP contribution is 2.43. The van der Waals surface area contributed by atoms with Crippen molar-refractivity contribution < 1.29 is 18.7 Å². The van der Waals surface area contributed by atoms with E-state index >= 15 is 0 Å². The monoisotopic (exact) mass is 470 g/mol. The second-order valence-corrected chi connectivity index (χ2v) is 11.2. The number of piperidine rings is 1. The number of nitrogens with zero attached hydrogens (tertiary/aromatic N) is 2. The molecule has 4 rings (SSSR count). The van der Waals surface area contributed by atoms with E-state index in [1.54, 1.807) is 0 Å². The van der Waals surface area contributed by atoms with Crippen molar-refractivity contribution in [2.75, 3.05) is 26.2 Å². The van der Waals surface area contributed by atoms with Crippen LogP contribution in [0.2, 0.25) is 0 Å². The molecule has 1 unspecified atom stereocenters. The molecule has 0 saturated carbocycles. The Morgan fingerprint density at radius 2 is 1.59 bits per heavy atom. The van der Waals surface area contributed by atoms with Crippen molar-refractivity contribution in [3.8, 4) is 0 Å². The van der Waals surface area contributed by atoms with Crippen LogP contribution in [0.4, 0.5) is 8.78 Å². The second kappa shape index (κ2) is 9.04. The summed E-state index contributed by atoms with van der Waals surface area (Å²) in [5.74, 6) is -2.35. The van der Waals surface area contributed by atoms with Gasteiger partial charge in [-0.2, -0.15) is 0 Å².